The van der Waals surface area contributed by atoms with E-state index in [9.17, 15) is 4.39 Å². The van der Waals surface area contributed by atoms with Gasteiger partial charge in [-0.15, -0.1) is 10.2 Å². The summed E-state index contributed by atoms with van der Waals surface area (Å²) in [6.07, 6.45) is 6.37. The zero-order chi connectivity index (χ0) is 16.5. The smallest absolute Gasteiger partial charge is 0.139 e. The molecule has 0 N–H and O–H groups in total. The van der Waals surface area contributed by atoms with Gasteiger partial charge in [0.05, 0.1) is 5.52 Å². The largest absolute Gasteiger partial charge is 0.356 e. The summed E-state index contributed by atoms with van der Waals surface area (Å²) in [4.78, 5) is 10.9. The second kappa shape index (κ2) is 6.14. The van der Waals surface area contributed by atoms with Crippen molar-refractivity contribution >= 4 is 16.7 Å². The van der Waals surface area contributed by atoms with Gasteiger partial charge in [-0.25, -0.2) is 14.4 Å². The van der Waals surface area contributed by atoms with E-state index in [1.165, 1.54) is 12.1 Å². The summed E-state index contributed by atoms with van der Waals surface area (Å²) >= 11 is 0. The van der Waals surface area contributed by atoms with Gasteiger partial charge >= 0.3 is 0 Å². The van der Waals surface area contributed by atoms with E-state index in [2.05, 4.69) is 25.1 Å². The molecule has 1 aliphatic heterocycles. The van der Waals surface area contributed by atoms with Crippen molar-refractivity contribution in [1.82, 2.24) is 24.7 Å². The van der Waals surface area contributed by atoms with E-state index in [-0.39, 0.29) is 5.82 Å². The van der Waals surface area contributed by atoms with E-state index < -0.39 is 0 Å². The second-order valence-corrected chi connectivity index (χ2v) is 6.35. The molecule has 4 rings (SSSR count). The number of aryl methyl sites for hydroxylation is 1. The van der Waals surface area contributed by atoms with Crippen LogP contribution in [0.15, 0.2) is 30.9 Å². The van der Waals surface area contributed by atoms with Crippen molar-refractivity contribution in [2.75, 3.05) is 18.0 Å². The normalized spacial score (nSPS) is 16.0. The Morgan fingerprint density at radius 3 is 2.79 bits per heavy atom. The van der Waals surface area contributed by atoms with Crippen LogP contribution in [0.2, 0.25) is 0 Å². The molecule has 0 bridgehead atoms. The number of piperidine rings is 1. The molecular formula is C17H19FN6. The van der Waals surface area contributed by atoms with Crippen molar-refractivity contribution in [2.24, 2.45) is 13.0 Å². The van der Waals surface area contributed by atoms with Crippen LogP contribution in [0.5, 0.6) is 0 Å². The maximum absolute atomic E-state index is 13.6. The fourth-order valence-electron chi connectivity index (χ4n) is 3.37. The molecule has 1 aliphatic rings. The molecule has 0 atom stereocenters. The predicted octanol–water partition coefficient (Wildman–Crippen LogP) is 2.36. The molecular weight excluding hydrogens is 307 g/mol. The van der Waals surface area contributed by atoms with Crippen LogP contribution in [0.3, 0.4) is 0 Å². The van der Waals surface area contributed by atoms with E-state index in [1.807, 2.05) is 11.6 Å². The van der Waals surface area contributed by atoms with Crippen molar-refractivity contribution in [1.29, 1.82) is 0 Å². The summed E-state index contributed by atoms with van der Waals surface area (Å²) in [5.41, 5.74) is 0.780. The van der Waals surface area contributed by atoms with Gasteiger partial charge in [-0.1, -0.05) is 0 Å². The van der Waals surface area contributed by atoms with Crippen LogP contribution in [-0.2, 0) is 13.5 Å². The summed E-state index contributed by atoms with van der Waals surface area (Å²) < 4.78 is 15.6. The first kappa shape index (κ1) is 15.0. The third-order valence-electron chi connectivity index (χ3n) is 4.77. The van der Waals surface area contributed by atoms with Crippen LogP contribution >= 0.6 is 0 Å². The molecule has 1 aromatic carbocycles. The first-order valence-electron chi connectivity index (χ1n) is 8.19. The fraction of sp³-hybridized carbons (Fsp3) is 0.412. The van der Waals surface area contributed by atoms with Crippen LogP contribution < -0.4 is 4.90 Å². The Labute approximate surface area is 139 Å². The molecule has 0 saturated carbocycles. The number of aromatic nitrogens is 5. The van der Waals surface area contributed by atoms with E-state index in [0.717, 1.165) is 54.9 Å². The first-order valence-corrected chi connectivity index (χ1v) is 8.19. The van der Waals surface area contributed by atoms with Crippen molar-refractivity contribution in [3.8, 4) is 0 Å². The second-order valence-electron chi connectivity index (χ2n) is 6.35. The van der Waals surface area contributed by atoms with Gasteiger partial charge in [-0.05, 0) is 37.0 Å². The lowest BCUT2D eigenvalue weighted by Crippen LogP contribution is -2.35. The third kappa shape index (κ3) is 2.81. The Kier molecular flexibility index (Phi) is 3.84. The minimum absolute atomic E-state index is 0.254. The number of rotatable bonds is 3. The number of hydrogen-bond donors (Lipinski definition) is 0. The zero-order valence-corrected chi connectivity index (χ0v) is 13.6. The van der Waals surface area contributed by atoms with Crippen molar-refractivity contribution in [3.63, 3.8) is 0 Å². The lowest BCUT2D eigenvalue weighted by molar-refractivity contribution is 0.392. The van der Waals surface area contributed by atoms with Gasteiger partial charge < -0.3 is 9.47 Å². The molecule has 0 amide bonds. The number of hydrogen-bond acceptors (Lipinski definition) is 5. The molecule has 3 heterocycles. The van der Waals surface area contributed by atoms with E-state index in [1.54, 1.807) is 18.7 Å². The Morgan fingerprint density at radius 1 is 1.21 bits per heavy atom. The lowest BCUT2D eigenvalue weighted by atomic mass is 9.93. The van der Waals surface area contributed by atoms with Gasteiger partial charge in [0.25, 0.3) is 0 Å². The maximum Gasteiger partial charge on any atom is 0.139 e. The van der Waals surface area contributed by atoms with Crippen LogP contribution in [0, 0.1) is 11.7 Å². The summed E-state index contributed by atoms with van der Waals surface area (Å²) in [6, 6.07) is 4.67. The SMILES string of the molecule is Cn1cnnc1CC1CCN(c2ncnc3ccc(F)cc23)CC1. The molecule has 0 unspecified atom stereocenters. The summed E-state index contributed by atoms with van der Waals surface area (Å²) in [5, 5.41) is 8.90. The van der Waals surface area contributed by atoms with E-state index >= 15 is 0 Å². The number of fused-ring (bicyclic) bond motifs is 1. The highest BCUT2D eigenvalue weighted by molar-refractivity contribution is 5.89. The highest BCUT2D eigenvalue weighted by atomic mass is 19.1. The number of anilines is 1. The molecule has 0 spiro atoms. The number of halogens is 1. The zero-order valence-electron chi connectivity index (χ0n) is 13.6. The molecule has 124 valence electrons. The predicted molar refractivity (Wildman–Crippen MR) is 89.1 cm³/mol. The minimum atomic E-state index is -0.254. The molecule has 0 aliphatic carbocycles. The molecule has 1 saturated heterocycles. The molecule has 2 aromatic heterocycles. The lowest BCUT2D eigenvalue weighted by Gasteiger charge is -2.33. The quantitative estimate of drug-likeness (QED) is 0.739. The number of nitrogens with zero attached hydrogens (tertiary/aromatic N) is 6. The highest BCUT2D eigenvalue weighted by Crippen LogP contribution is 2.28. The average Bonchev–Trinajstić information content (AvgIpc) is 3.00. The van der Waals surface area contributed by atoms with Crippen molar-refractivity contribution in [2.45, 2.75) is 19.3 Å². The summed E-state index contributed by atoms with van der Waals surface area (Å²) in [6.45, 7) is 1.82. The summed E-state index contributed by atoms with van der Waals surface area (Å²) in [5.74, 6) is 2.20. The topological polar surface area (TPSA) is 59.7 Å². The standard InChI is InChI=1S/C17H19FN6/c1-23-11-21-22-16(23)8-12-4-6-24(7-5-12)17-14-9-13(18)2-3-15(14)19-10-20-17/h2-3,9-12H,4-8H2,1H3. The number of benzene rings is 1. The third-order valence-corrected chi connectivity index (χ3v) is 4.77. The van der Waals surface area contributed by atoms with Gasteiger partial charge in [-0.3, -0.25) is 0 Å². The summed E-state index contributed by atoms with van der Waals surface area (Å²) in [7, 11) is 1.98. The monoisotopic (exact) mass is 326 g/mol. The molecule has 6 nitrogen and oxygen atoms in total. The Hall–Kier alpha value is -2.57. The molecule has 7 heteroatoms. The van der Waals surface area contributed by atoms with Crippen LogP contribution in [-0.4, -0.2) is 37.8 Å². The Bertz CT molecular complexity index is 853. The fourth-order valence-corrected chi connectivity index (χ4v) is 3.37. The van der Waals surface area contributed by atoms with Gasteiger partial charge in [0.1, 0.15) is 30.1 Å². The Balaban J connectivity index is 1.50. The minimum Gasteiger partial charge on any atom is -0.356 e. The van der Waals surface area contributed by atoms with Crippen LogP contribution in [0.4, 0.5) is 10.2 Å². The molecule has 3 aromatic rings. The Morgan fingerprint density at radius 2 is 2.04 bits per heavy atom. The van der Waals surface area contributed by atoms with E-state index in [0.29, 0.717) is 5.92 Å². The van der Waals surface area contributed by atoms with E-state index in [4.69, 9.17) is 0 Å². The van der Waals surface area contributed by atoms with Crippen molar-refractivity contribution in [3.05, 3.63) is 42.5 Å². The van der Waals surface area contributed by atoms with Crippen molar-refractivity contribution < 1.29 is 4.39 Å². The van der Waals surface area contributed by atoms with Gasteiger partial charge in [0, 0.05) is 31.9 Å². The first-order chi connectivity index (χ1) is 11.7. The highest BCUT2D eigenvalue weighted by Gasteiger charge is 2.23. The molecule has 0 radical (unpaired) electrons. The average molecular weight is 326 g/mol. The van der Waals surface area contributed by atoms with Gasteiger partial charge in [0.2, 0.25) is 0 Å². The van der Waals surface area contributed by atoms with Crippen LogP contribution in [0.1, 0.15) is 18.7 Å². The molecule has 1 fully saturated rings. The maximum atomic E-state index is 13.6. The van der Waals surface area contributed by atoms with Crippen LogP contribution in [0.25, 0.3) is 10.9 Å². The molecule has 24 heavy (non-hydrogen) atoms. The van der Waals surface area contributed by atoms with Gasteiger partial charge in [-0.2, -0.15) is 0 Å². The van der Waals surface area contributed by atoms with Gasteiger partial charge in [0.15, 0.2) is 0 Å².